The van der Waals surface area contributed by atoms with Crippen molar-refractivity contribution in [2.75, 3.05) is 0 Å². The number of benzene rings is 1. The van der Waals surface area contributed by atoms with Gasteiger partial charge >= 0.3 is 5.97 Å². The van der Waals surface area contributed by atoms with Crippen molar-refractivity contribution in [3.8, 4) is 0 Å². The third kappa shape index (κ3) is 3.52. The van der Waals surface area contributed by atoms with Crippen LogP contribution in [0.3, 0.4) is 0 Å². The van der Waals surface area contributed by atoms with Crippen molar-refractivity contribution in [1.29, 1.82) is 0 Å². The fraction of sp³-hybridized carbons (Fsp3) is 0.304. The Kier molecular flexibility index (Phi) is 5.17. The minimum Gasteiger partial charge on any atom is -0.466 e. The minimum atomic E-state index is -0.352. The number of nitrogens with zero attached hydrogens (tertiary/aromatic N) is 1. The molecule has 0 spiro atoms. The Hall–Kier alpha value is -2.88. The average molecular weight is 363 g/mol. The van der Waals surface area contributed by atoms with Crippen molar-refractivity contribution >= 4 is 23.1 Å². The molecule has 1 fully saturated rings. The van der Waals surface area contributed by atoms with Crippen molar-refractivity contribution in [2.45, 2.75) is 48.0 Å². The number of para-hydroxylation sites is 1. The van der Waals surface area contributed by atoms with Gasteiger partial charge in [0.1, 0.15) is 11.5 Å². The van der Waals surface area contributed by atoms with Gasteiger partial charge in [-0.05, 0) is 64.3 Å². The van der Waals surface area contributed by atoms with Gasteiger partial charge in [0.25, 0.3) is 0 Å². The Morgan fingerprint density at radius 3 is 2.37 bits per heavy atom. The third-order valence-electron chi connectivity index (χ3n) is 4.77. The maximum atomic E-state index is 12.6. The molecule has 3 rings (SSSR count). The Morgan fingerprint density at radius 2 is 1.78 bits per heavy atom. The second kappa shape index (κ2) is 7.39. The first-order chi connectivity index (χ1) is 12.8. The molecule has 0 aliphatic carbocycles. The van der Waals surface area contributed by atoms with E-state index in [4.69, 9.17) is 14.1 Å². The van der Waals surface area contributed by atoms with Crippen LogP contribution in [0.4, 0.5) is 5.69 Å². The van der Waals surface area contributed by atoms with Crippen LogP contribution in [0, 0.1) is 13.8 Å². The van der Waals surface area contributed by atoms with E-state index in [0.29, 0.717) is 11.5 Å². The van der Waals surface area contributed by atoms with Crippen LogP contribution in [-0.2, 0) is 16.0 Å². The van der Waals surface area contributed by atoms with Crippen LogP contribution in [0.2, 0.25) is 0 Å². The summed E-state index contributed by atoms with van der Waals surface area (Å²) in [6, 6.07) is 9.90. The molecule has 4 heteroatoms. The molecule has 1 aromatic carbocycles. The normalized spacial score (nSPS) is 17.5. The summed E-state index contributed by atoms with van der Waals surface area (Å²) in [5.41, 5.74) is 6.06. The zero-order valence-electron chi connectivity index (χ0n) is 16.8. The van der Waals surface area contributed by atoms with E-state index in [9.17, 15) is 4.79 Å². The summed E-state index contributed by atoms with van der Waals surface area (Å²) in [5, 5.41) is 0. The first-order valence-corrected chi connectivity index (χ1v) is 9.18. The Balaban J connectivity index is 2.26. The number of carbonyl (C=O) groups excluding carboxylic acids is 1. The van der Waals surface area contributed by atoms with Crippen molar-refractivity contribution < 1.29 is 13.9 Å². The molecule has 140 valence electrons. The molecule has 2 heterocycles. The zero-order chi connectivity index (χ0) is 19.7. The second-order valence-electron chi connectivity index (χ2n) is 6.99. The van der Waals surface area contributed by atoms with Gasteiger partial charge in [0.05, 0.1) is 16.8 Å². The number of esters is 1. The molecule has 1 aromatic heterocycles. The van der Waals surface area contributed by atoms with E-state index in [1.54, 1.807) is 0 Å². The zero-order valence-corrected chi connectivity index (χ0v) is 16.8. The number of carbonyl (C=O) groups is 1. The minimum absolute atomic E-state index is 0.352. The van der Waals surface area contributed by atoms with Crippen LogP contribution < -0.4 is 0 Å². The maximum absolute atomic E-state index is 12.6. The van der Waals surface area contributed by atoms with Gasteiger partial charge in [0.2, 0.25) is 5.90 Å². The summed E-state index contributed by atoms with van der Waals surface area (Å²) in [7, 11) is 0. The van der Waals surface area contributed by atoms with Gasteiger partial charge in [-0.3, -0.25) is 0 Å². The molecule has 4 nitrogen and oxygen atoms in total. The number of cyclic esters (lactones) is 1. The van der Waals surface area contributed by atoms with Crippen LogP contribution in [0.5, 0.6) is 0 Å². The highest BCUT2D eigenvalue weighted by Crippen LogP contribution is 2.36. The Morgan fingerprint density at radius 1 is 1.07 bits per heavy atom. The lowest BCUT2D eigenvalue weighted by atomic mass is 9.94. The molecule has 0 bridgehead atoms. The average Bonchev–Trinajstić information content (AvgIpc) is 3.13. The van der Waals surface area contributed by atoms with E-state index in [2.05, 4.69) is 6.92 Å². The molecule has 2 aromatic rings. The van der Waals surface area contributed by atoms with Gasteiger partial charge in [-0.25, -0.2) is 9.79 Å². The molecule has 27 heavy (non-hydrogen) atoms. The number of aliphatic imine (C=N–C) groups is 1. The number of aryl methyl sites for hydroxylation is 3. The van der Waals surface area contributed by atoms with E-state index in [1.807, 2.05) is 65.0 Å². The number of allylic oxidation sites excluding steroid dienone is 2. The number of ether oxygens (including phenoxy) is 1. The van der Waals surface area contributed by atoms with E-state index < -0.39 is 0 Å². The fourth-order valence-electron chi connectivity index (χ4n) is 3.45. The van der Waals surface area contributed by atoms with E-state index in [0.717, 1.165) is 51.5 Å². The Labute approximate surface area is 160 Å². The quantitative estimate of drug-likeness (QED) is 0.507. The SMILES string of the molecule is CCc1ccccc1N=C1OC(=O)C(=C(C)C)C1=C(C)c1cc(C)oc1C. The van der Waals surface area contributed by atoms with Crippen LogP contribution in [-0.4, -0.2) is 11.9 Å². The molecule has 0 atom stereocenters. The van der Waals surface area contributed by atoms with Gasteiger partial charge in [0, 0.05) is 5.56 Å². The molecular weight excluding hydrogens is 338 g/mol. The largest absolute Gasteiger partial charge is 0.466 e. The lowest BCUT2D eigenvalue weighted by Gasteiger charge is -2.08. The van der Waals surface area contributed by atoms with Crippen molar-refractivity contribution in [3.05, 3.63) is 69.7 Å². The lowest BCUT2D eigenvalue weighted by molar-refractivity contribution is -0.129. The molecule has 1 saturated heterocycles. The number of hydrogen-bond donors (Lipinski definition) is 0. The van der Waals surface area contributed by atoms with Crippen LogP contribution >= 0.6 is 0 Å². The third-order valence-corrected chi connectivity index (χ3v) is 4.77. The van der Waals surface area contributed by atoms with E-state index >= 15 is 0 Å². The van der Waals surface area contributed by atoms with Crippen molar-refractivity contribution in [1.82, 2.24) is 0 Å². The van der Waals surface area contributed by atoms with Crippen LogP contribution in [0.25, 0.3) is 5.57 Å². The summed E-state index contributed by atoms with van der Waals surface area (Å²) in [4.78, 5) is 17.3. The first-order valence-electron chi connectivity index (χ1n) is 9.18. The summed E-state index contributed by atoms with van der Waals surface area (Å²) in [6.07, 6.45) is 0.856. The molecule has 0 amide bonds. The second-order valence-corrected chi connectivity index (χ2v) is 6.99. The number of furan rings is 1. The predicted molar refractivity (Wildman–Crippen MR) is 108 cm³/mol. The van der Waals surface area contributed by atoms with Crippen LogP contribution in [0.15, 0.2) is 56.5 Å². The summed E-state index contributed by atoms with van der Waals surface area (Å²) in [6.45, 7) is 11.7. The van der Waals surface area contributed by atoms with E-state index in [-0.39, 0.29) is 5.97 Å². The van der Waals surface area contributed by atoms with Crippen molar-refractivity contribution in [2.24, 2.45) is 4.99 Å². The maximum Gasteiger partial charge on any atom is 0.345 e. The highest BCUT2D eigenvalue weighted by Gasteiger charge is 2.35. The summed E-state index contributed by atoms with van der Waals surface area (Å²) in [5.74, 6) is 1.65. The standard InChI is InChI=1S/C23H25NO3/c1-7-17-10-8-9-11-19(17)24-22-21(20(13(2)3)23(25)27-22)15(5)18-12-14(4)26-16(18)6/h8-12H,7H2,1-6H3. The summed E-state index contributed by atoms with van der Waals surface area (Å²) < 4.78 is 11.3. The Bertz CT molecular complexity index is 998. The molecule has 0 saturated carbocycles. The van der Waals surface area contributed by atoms with Gasteiger partial charge in [-0.2, -0.15) is 0 Å². The van der Waals surface area contributed by atoms with E-state index in [1.165, 1.54) is 0 Å². The van der Waals surface area contributed by atoms with Gasteiger partial charge < -0.3 is 9.15 Å². The highest BCUT2D eigenvalue weighted by molar-refractivity contribution is 6.24. The molecular formula is C23H25NO3. The van der Waals surface area contributed by atoms with Crippen molar-refractivity contribution in [3.63, 3.8) is 0 Å². The fourth-order valence-corrected chi connectivity index (χ4v) is 3.45. The number of rotatable bonds is 3. The molecule has 0 unspecified atom stereocenters. The van der Waals surface area contributed by atoms with Gasteiger partial charge in [-0.15, -0.1) is 0 Å². The molecule has 0 radical (unpaired) electrons. The van der Waals surface area contributed by atoms with Gasteiger partial charge in [0.15, 0.2) is 0 Å². The lowest BCUT2D eigenvalue weighted by Crippen LogP contribution is -2.01. The monoisotopic (exact) mass is 363 g/mol. The summed E-state index contributed by atoms with van der Waals surface area (Å²) >= 11 is 0. The smallest absolute Gasteiger partial charge is 0.345 e. The molecule has 1 aliphatic rings. The molecule has 0 N–H and O–H groups in total. The predicted octanol–water partition coefficient (Wildman–Crippen LogP) is 5.86. The number of hydrogen-bond acceptors (Lipinski definition) is 4. The highest BCUT2D eigenvalue weighted by atomic mass is 16.5. The van der Waals surface area contributed by atoms with Gasteiger partial charge in [-0.1, -0.05) is 30.7 Å². The van der Waals surface area contributed by atoms with Crippen LogP contribution in [0.1, 0.15) is 50.3 Å². The molecule has 1 aliphatic heterocycles. The topological polar surface area (TPSA) is 51.8 Å². The first kappa shape index (κ1) is 18.9.